The fourth-order valence-corrected chi connectivity index (χ4v) is 3.84. The number of fused-ring (bicyclic) bond motifs is 1. The van der Waals surface area contributed by atoms with E-state index in [2.05, 4.69) is 46.4 Å². The summed E-state index contributed by atoms with van der Waals surface area (Å²) in [7, 11) is 0. The second-order valence-electron chi connectivity index (χ2n) is 6.79. The maximum atomic E-state index is 11.8. The number of nitrogens with one attached hydrogen (secondary N) is 1. The molecule has 1 fully saturated rings. The summed E-state index contributed by atoms with van der Waals surface area (Å²) in [5.41, 5.74) is 4.14. The summed E-state index contributed by atoms with van der Waals surface area (Å²) < 4.78 is 6.34. The van der Waals surface area contributed by atoms with Crippen LogP contribution in [0.15, 0.2) is 45.5 Å². The number of hydrogen-bond acceptors (Lipinski definition) is 3. The predicted octanol–water partition coefficient (Wildman–Crippen LogP) is 3.92. The summed E-state index contributed by atoms with van der Waals surface area (Å²) in [6.07, 6.45) is 6.39. The van der Waals surface area contributed by atoms with E-state index < -0.39 is 0 Å². The zero-order chi connectivity index (χ0) is 16.4. The van der Waals surface area contributed by atoms with Gasteiger partial charge in [0.1, 0.15) is 5.75 Å². The molecule has 1 saturated carbocycles. The van der Waals surface area contributed by atoms with Crippen LogP contribution in [0.4, 0.5) is 0 Å². The van der Waals surface area contributed by atoms with E-state index >= 15 is 0 Å². The predicted molar refractivity (Wildman–Crippen MR) is 94.3 cm³/mol. The van der Waals surface area contributed by atoms with Crippen molar-refractivity contribution in [2.75, 3.05) is 6.61 Å². The Kier molecular flexibility index (Phi) is 4.57. The van der Waals surface area contributed by atoms with Crippen molar-refractivity contribution < 1.29 is 9.53 Å². The zero-order valence-electron chi connectivity index (χ0n) is 13.4. The summed E-state index contributed by atoms with van der Waals surface area (Å²) in [5.74, 6) is 1.76. The highest BCUT2D eigenvalue weighted by Crippen LogP contribution is 2.58. The van der Waals surface area contributed by atoms with Gasteiger partial charge in [0.25, 0.3) is 5.91 Å². The van der Waals surface area contributed by atoms with Gasteiger partial charge in [0.2, 0.25) is 0 Å². The van der Waals surface area contributed by atoms with Crippen LogP contribution < -0.4 is 10.2 Å². The molecular formula is C18H21BrN2O2. The molecule has 0 aromatic heterocycles. The molecule has 1 aromatic carbocycles. The van der Waals surface area contributed by atoms with Gasteiger partial charge in [0, 0.05) is 4.47 Å². The first-order valence-electron chi connectivity index (χ1n) is 7.87. The van der Waals surface area contributed by atoms with Crippen LogP contribution >= 0.6 is 15.9 Å². The Labute approximate surface area is 145 Å². The van der Waals surface area contributed by atoms with Crippen molar-refractivity contribution in [3.05, 3.63) is 40.4 Å². The number of hydrogen-bond donors (Lipinski definition) is 1. The fourth-order valence-electron chi connectivity index (χ4n) is 3.46. The Balaban J connectivity index is 1.47. The number of allylic oxidation sites excluding steroid dienone is 2. The molecule has 1 aromatic rings. The van der Waals surface area contributed by atoms with Crippen LogP contribution in [0.3, 0.4) is 0 Å². The summed E-state index contributed by atoms with van der Waals surface area (Å²) in [4.78, 5) is 11.8. The Hall–Kier alpha value is -1.62. The maximum Gasteiger partial charge on any atom is 0.277 e. The van der Waals surface area contributed by atoms with Crippen molar-refractivity contribution in [1.29, 1.82) is 0 Å². The summed E-state index contributed by atoms with van der Waals surface area (Å²) in [6.45, 7) is 4.58. The lowest BCUT2D eigenvalue weighted by Crippen LogP contribution is -2.48. The fraction of sp³-hybridized carbons (Fsp3) is 0.444. The van der Waals surface area contributed by atoms with Gasteiger partial charge in [-0.3, -0.25) is 4.79 Å². The third kappa shape index (κ3) is 3.50. The minimum absolute atomic E-state index is 0.0517. The number of amides is 1. The van der Waals surface area contributed by atoms with Crippen molar-refractivity contribution in [3.63, 3.8) is 0 Å². The van der Waals surface area contributed by atoms with Gasteiger partial charge in [-0.1, -0.05) is 41.9 Å². The lowest BCUT2D eigenvalue weighted by molar-refractivity contribution is -0.123. The van der Waals surface area contributed by atoms with Crippen LogP contribution in [-0.2, 0) is 4.79 Å². The largest absolute Gasteiger partial charge is 0.484 e. The number of carbonyl (C=O) groups excluding carboxylic acids is 1. The van der Waals surface area contributed by atoms with E-state index in [-0.39, 0.29) is 12.5 Å². The van der Waals surface area contributed by atoms with Crippen LogP contribution in [0, 0.1) is 17.3 Å². The minimum atomic E-state index is -0.261. The summed E-state index contributed by atoms with van der Waals surface area (Å²) in [5, 5.41) is 4.08. The first-order valence-corrected chi connectivity index (χ1v) is 8.66. The molecule has 0 saturated heterocycles. The van der Waals surface area contributed by atoms with Gasteiger partial charge in [0.05, 0.1) is 6.21 Å². The molecule has 2 bridgehead atoms. The lowest BCUT2D eigenvalue weighted by Gasteiger charge is -2.55. The van der Waals surface area contributed by atoms with E-state index in [9.17, 15) is 4.79 Å². The molecule has 0 heterocycles. The first kappa shape index (κ1) is 16.2. The second kappa shape index (κ2) is 6.48. The van der Waals surface area contributed by atoms with Gasteiger partial charge in [-0.25, -0.2) is 5.43 Å². The van der Waals surface area contributed by atoms with Crippen LogP contribution in [0.5, 0.6) is 5.75 Å². The maximum absolute atomic E-state index is 11.8. The molecule has 1 amide bonds. The first-order chi connectivity index (χ1) is 11.0. The Bertz CT molecular complexity index is 667. The van der Waals surface area contributed by atoms with Crippen molar-refractivity contribution in [1.82, 2.24) is 5.43 Å². The van der Waals surface area contributed by atoms with Gasteiger partial charge in [-0.15, -0.1) is 0 Å². The van der Waals surface area contributed by atoms with E-state index in [4.69, 9.17) is 4.74 Å². The normalized spacial score (nSPS) is 24.7. The number of nitrogens with zero attached hydrogens (tertiary/aromatic N) is 1. The van der Waals surface area contributed by atoms with Crippen LogP contribution in [0.1, 0.15) is 26.7 Å². The van der Waals surface area contributed by atoms with Gasteiger partial charge in [-0.05, 0) is 53.9 Å². The molecule has 0 spiro atoms. The van der Waals surface area contributed by atoms with E-state index in [1.807, 2.05) is 24.3 Å². The molecule has 1 N–H and O–H groups in total. The molecule has 4 nitrogen and oxygen atoms in total. The molecule has 0 aliphatic heterocycles. The summed E-state index contributed by atoms with van der Waals surface area (Å²) in [6, 6.07) is 7.39. The zero-order valence-corrected chi connectivity index (χ0v) is 15.0. The molecule has 23 heavy (non-hydrogen) atoms. The Morgan fingerprint density at radius 2 is 2.35 bits per heavy atom. The molecule has 5 heteroatoms. The van der Waals surface area contributed by atoms with Crippen molar-refractivity contribution >= 4 is 28.1 Å². The second-order valence-corrected chi connectivity index (χ2v) is 7.70. The smallest absolute Gasteiger partial charge is 0.277 e. The van der Waals surface area contributed by atoms with E-state index in [1.54, 1.807) is 6.21 Å². The quantitative estimate of drug-likeness (QED) is 0.625. The SMILES string of the molecule is CC1(C)[C@H]2CC=C(C=NNC(=O)COc3cccc(Br)c3)[C@H]1C2. The number of carbonyl (C=O) groups is 1. The average Bonchev–Trinajstić information content (AvgIpc) is 2.53. The van der Waals surface area contributed by atoms with Crippen LogP contribution in [0.2, 0.25) is 0 Å². The standard InChI is InChI=1S/C18H21BrN2O2/c1-18(2)13-7-6-12(16(18)8-13)10-20-21-17(22)11-23-15-5-3-4-14(19)9-15/h3-6,9-10,13,16H,7-8,11H2,1-2H3,(H,21,22)/t13-,16+/m0/s1. The van der Waals surface area contributed by atoms with Crippen molar-refractivity contribution in [3.8, 4) is 5.75 Å². The lowest BCUT2D eigenvalue weighted by atomic mass is 9.49. The van der Waals surface area contributed by atoms with Crippen LogP contribution in [-0.4, -0.2) is 18.7 Å². The number of ether oxygens (including phenoxy) is 1. The van der Waals surface area contributed by atoms with Gasteiger partial charge < -0.3 is 4.74 Å². The molecule has 122 valence electrons. The third-order valence-electron chi connectivity index (χ3n) is 5.08. The molecule has 3 aliphatic rings. The topological polar surface area (TPSA) is 50.7 Å². The van der Waals surface area contributed by atoms with E-state index in [0.29, 0.717) is 17.1 Å². The minimum Gasteiger partial charge on any atom is -0.484 e. The third-order valence-corrected chi connectivity index (χ3v) is 5.57. The number of rotatable bonds is 5. The van der Waals surface area contributed by atoms with Crippen molar-refractivity contribution in [2.24, 2.45) is 22.4 Å². The molecule has 0 unspecified atom stereocenters. The van der Waals surface area contributed by atoms with Crippen LogP contribution in [0.25, 0.3) is 0 Å². The van der Waals surface area contributed by atoms with Gasteiger partial charge >= 0.3 is 0 Å². The highest BCUT2D eigenvalue weighted by Gasteiger charge is 2.50. The Morgan fingerprint density at radius 3 is 3.04 bits per heavy atom. The summed E-state index contributed by atoms with van der Waals surface area (Å²) >= 11 is 3.36. The average molecular weight is 377 g/mol. The molecule has 2 atom stereocenters. The van der Waals surface area contributed by atoms with Gasteiger partial charge in [0.15, 0.2) is 6.61 Å². The highest BCUT2D eigenvalue weighted by molar-refractivity contribution is 9.10. The number of benzene rings is 1. The molecule has 4 rings (SSSR count). The van der Waals surface area contributed by atoms with Gasteiger partial charge in [-0.2, -0.15) is 5.10 Å². The number of halogens is 1. The molecule has 0 radical (unpaired) electrons. The monoisotopic (exact) mass is 376 g/mol. The van der Waals surface area contributed by atoms with E-state index in [1.165, 1.54) is 12.0 Å². The molecule has 3 aliphatic carbocycles. The molecular weight excluding hydrogens is 356 g/mol. The Morgan fingerprint density at radius 1 is 1.52 bits per heavy atom. The highest BCUT2D eigenvalue weighted by atomic mass is 79.9. The van der Waals surface area contributed by atoms with E-state index in [0.717, 1.165) is 16.8 Å². The van der Waals surface area contributed by atoms with Crippen molar-refractivity contribution in [2.45, 2.75) is 26.7 Å². The number of hydrazone groups is 1.